The number of halogens is 3. The van der Waals surface area contributed by atoms with E-state index in [1.165, 1.54) is 17.5 Å². The molecule has 29 heavy (non-hydrogen) atoms. The summed E-state index contributed by atoms with van der Waals surface area (Å²) in [5.41, 5.74) is 0.490. The van der Waals surface area contributed by atoms with E-state index in [2.05, 4.69) is 15.0 Å². The lowest BCUT2D eigenvalue weighted by molar-refractivity contribution is -0.141. The average Bonchev–Trinajstić information content (AvgIpc) is 3.28. The van der Waals surface area contributed by atoms with E-state index in [1.807, 2.05) is 0 Å². The lowest BCUT2D eigenvalue weighted by Crippen LogP contribution is -2.38. The highest BCUT2D eigenvalue weighted by Gasteiger charge is 2.35. The van der Waals surface area contributed by atoms with E-state index in [-0.39, 0.29) is 23.3 Å². The molecule has 1 saturated heterocycles. The van der Waals surface area contributed by atoms with E-state index >= 15 is 0 Å². The van der Waals surface area contributed by atoms with Crippen LogP contribution in [0.15, 0.2) is 47.4 Å². The van der Waals surface area contributed by atoms with Gasteiger partial charge in [-0.1, -0.05) is 0 Å². The van der Waals surface area contributed by atoms with Gasteiger partial charge in [0.25, 0.3) is 5.91 Å². The molecule has 0 saturated carbocycles. The molecule has 1 aliphatic heterocycles. The number of alkyl halides is 3. The molecule has 4 heterocycles. The van der Waals surface area contributed by atoms with E-state index in [0.29, 0.717) is 37.1 Å². The molecule has 1 amide bonds. The zero-order valence-electron chi connectivity index (χ0n) is 15.3. The molecule has 3 aromatic heterocycles. The first-order valence-electron chi connectivity index (χ1n) is 9.10. The molecule has 0 aromatic carbocycles. The number of aromatic nitrogens is 3. The molecule has 5 nitrogen and oxygen atoms in total. The van der Waals surface area contributed by atoms with Gasteiger partial charge in [-0.2, -0.15) is 24.5 Å². The van der Waals surface area contributed by atoms with Crippen molar-refractivity contribution in [3.8, 4) is 11.3 Å². The summed E-state index contributed by atoms with van der Waals surface area (Å²) >= 11 is 1.40. The summed E-state index contributed by atoms with van der Waals surface area (Å²) in [7, 11) is 0. The first-order valence-corrected chi connectivity index (χ1v) is 10.0. The van der Waals surface area contributed by atoms with Crippen molar-refractivity contribution in [3.05, 3.63) is 64.5 Å². The quantitative estimate of drug-likeness (QED) is 0.622. The maximum absolute atomic E-state index is 13.4. The fourth-order valence-electron chi connectivity index (χ4n) is 3.36. The van der Waals surface area contributed by atoms with Crippen LogP contribution in [0.25, 0.3) is 11.3 Å². The van der Waals surface area contributed by atoms with E-state index < -0.39 is 11.9 Å². The van der Waals surface area contributed by atoms with E-state index in [1.54, 1.807) is 40.1 Å². The van der Waals surface area contributed by atoms with Gasteiger partial charge in [-0.25, -0.2) is 9.97 Å². The van der Waals surface area contributed by atoms with Gasteiger partial charge in [-0.3, -0.25) is 9.78 Å². The minimum absolute atomic E-state index is 0.125. The van der Waals surface area contributed by atoms with Gasteiger partial charge in [0.05, 0.1) is 11.3 Å². The second-order valence-corrected chi connectivity index (χ2v) is 7.59. The number of hydrogen-bond acceptors (Lipinski definition) is 5. The molecule has 3 aromatic rings. The Kier molecular flexibility index (Phi) is 5.31. The van der Waals surface area contributed by atoms with Crippen LogP contribution in [-0.4, -0.2) is 38.8 Å². The van der Waals surface area contributed by atoms with Crippen molar-refractivity contribution in [2.24, 2.45) is 0 Å². The molecule has 0 spiro atoms. The number of carbonyl (C=O) groups excluding carboxylic acids is 1. The number of amides is 1. The third kappa shape index (κ3) is 4.29. The molecular weight excluding hydrogens is 401 g/mol. The SMILES string of the molecule is O=C(c1cccnc1)N1CCC(c2nc(-c3ccsc3)cc(C(F)(F)F)n2)CC1. The molecular formula is C20H17F3N4OS. The van der Waals surface area contributed by atoms with Crippen molar-refractivity contribution in [2.75, 3.05) is 13.1 Å². The molecule has 4 rings (SSSR count). The molecule has 150 valence electrons. The van der Waals surface area contributed by atoms with E-state index in [4.69, 9.17) is 0 Å². The maximum atomic E-state index is 13.4. The van der Waals surface area contributed by atoms with Crippen molar-refractivity contribution in [1.82, 2.24) is 19.9 Å². The first kappa shape index (κ1) is 19.5. The number of likely N-dealkylation sites (tertiary alicyclic amines) is 1. The highest BCUT2D eigenvalue weighted by atomic mass is 32.1. The number of rotatable bonds is 3. The van der Waals surface area contributed by atoms with Gasteiger partial charge in [0, 0.05) is 42.3 Å². The minimum atomic E-state index is -4.54. The third-order valence-electron chi connectivity index (χ3n) is 4.91. The predicted octanol–water partition coefficient (Wildman–Crippen LogP) is 4.64. The fourth-order valence-corrected chi connectivity index (χ4v) is 4.01. The van der Waals surface area contributed by atoms with E-state index in [9.17, 15) is 18.0 Å². The largest absolute Gasteiger partial charge is 0.433 e. The molecule has 0 bridgehead atoms. The van der Waals surface area contributed by atoms with Crippen LogP contribution >= 0.6 is 11.3 Å². The van der Waals surface area contributed by atoms with Gasteiger partial charge in [-0.15, -0.1) is 0 Å². The summed E-state index contributed by atoms with van der Waals surface area (Å²) in [4.78, 5) is 26.4. The molecule has 9 heteroatoms. The van der Waals surface area contributed by atoms with Crippen molar-refractivity contribution < 1.29 is 18.0 Å². The molecule has 0 radical (unpaired) electrons. The van der Waals surface area contributed by atoms with Gasteiger partial charge in [0.15, 0.2) is 0 Å². The summed E-state index contributed by atoms with van der Waals surface area (Å²) in [5, 5.41) is 3.56. The predicted molar refractivity (Wildman–Crippen MR) is 102 cm³/mol. The Morgan fingerprint density at radius 3 is 2.59 bits per heavy atom. The number of thiophene rings is 1. The number of piperidine rings is 1. The smallest absolute Gasteiger partial charge is 0.339 e. The topological polar surface area (TPSA) is 59.0 Å². The van der Waals surface area contributed by atoms with Crippen LogP contribution in [0.4, 0.5) is 13.2 Å². The Bertz CT molecular complexity index is 985. The second kappa shape index (κ2) is 7.90. The third-order valence-corrected chi connectivity index (χ3v) is 5.59. The maximum Gasteiger partial charge on any atom is 0.433 e. The van der Waals surface area contributed by atoms with Gasteiger partial charge >= 0.3 is 6.18 Å². The van der Waals surface area contributed by atoms with E-state index in [0.717, 1.165) is 6.07 Å². The zero-order chi connectivity index (χ0) is 20.4. The number of hydrogen-bond donors (Lipinski definition) is 0. The molecule has 0 atom stereocenters. The normalized spacial score (nSPS) is 15.5. The van der Waals surface area contributed by atoms with Crippen LogP contribution in [0.1, 0.15) is 40.6 Å². The summed E-state index contributed by atoms with van der Waals surface area (Å²) in [6.07, 6.45) is -0.414. The molecule has 1 fully saturated rings. The highest BCUT2D eigenvalue weighted by Crippen LogP contribution is 2.34. The zero-order valence-corrected chi connectivity index (χ0v) is 16.1. The number of pyridine rings is 1. The molecule has 0 aliphatic carbocycles. The molecule has 0 unspecified atom stereocenters. The molecule has 0 N–H and O–H groups in total. The lowest BCUT2D eigenvalue weighted by Gasteiger charge is -2.31. The Hall–Kier alpha value is -2.81. The van der Waals surface area contributed by atoms with Crippen LogP contribution in [-0.2, 0) is 6.18 Å². The highest BCUT2D eigenvalue weighted by molar-refractivity contribution is 7.08. The van der Waals surface area contributed by atoms with Crippen LogP contribution in [0, 0.1) is 0 Å². The number of nitrogens with zero attached hydrogens (tertiary/aromatic N) is 4. The van der Waals surface area contributed by atoms with Crippen molar-refractivity contribution in [3.63, 3.8) is 0 Å². The van der Waals surface area contributed by atoms with Crippen LogP contribution in [0.2, 0.25) is 0 Å². The van der Waals surface area contributed by atoms with Crippen LogP contribution in [0.5, 0.6) is 0 Å². The lowest BCUT2D eigenvalue weighted by atomic mass is 9.95. The van der Waals surface area contributed by atoms with Crippen LogP contribution < -0.4 is 0 Å². The van der Waals surface area contributed by atoms with Crippen LogP contribution in [0.3, 0.4) is 0 Å². The first-order chi connectivity index (χ1) is 13.9. The van der Waals surface area contributed by atoms with Gasteiger partial charge in [-0.05, 0) is 42.5 Å². The standard InChI is InChI=1S/C20H17F3N4OS/c21-20(22,23)17-10-16(15-5-9-29-12-15)25-18(26-17)13-3-7-27(8-4-13)19(28)14-2-1-6-24-11-14/h1-2,5-6,9-13H,3-4,7-8H2. The Balaban J connectivity index is 1.55. The Labute approximate surface area is 169 Å². The van der Waals surface area contributed by atoms with Crippen molar-refractivity contribution >= 4 is 17.2 Å². The summed E-state index contributed by atoms with van der Waals surface area (Å²) in [5.74, 6) is -0.164. The second-order valence-electron chi connectivity index (χ2n) is 6.81. The van der Waals surface area contributed by atoms with Gasteiger partial charge < -0.3 is 4.90 Å². The van der Waals surface area contributed by atoms with Crippen molar-refractivity contribution in [1.29, 1.82) is 0 Å². The Morgan fingerprint density at radius 2 is 1.97 bits per heavy atom. The summed E-state index contributed by atoms with van der Waals surface area (Å²) in [6.45, 7) is 0.873. The van der Waals surface area contributed by atoms with Gasteiger partial charge in [0.2, 0.25) is 0 Å². The summed E-state index contributed by atoms with van der Waals surface area (Å²) < 4.78 is 40.1. The average molecular weight is 418 g/mol. The minimum Gasteiger partial charge on any atom is -0.339 e. The van der Waals surface area contributed by atoms with Crippen molar-refractivity contribution in [2.45, 2.75) is 24.9 Å². The fraction of sp³-hybridized carbons (Fsp3) is 0.300. The Morgan fingerprint density at radius 1 is 1.17 bits per heavy atom. The van der Waals surface area contributed by atoms with Gasteiger partial charge in [0.1, 0.15) is 11.5 Å². The monoisotopic (exact) mass is 418 g/mol. The molecule has 1 aliphatic rings. The summed E-state index contributed by atoms with van der Waals surface area (Å²) in [6, 6.07) is 6.13. The number of carbonyl (C=O) groups is 1.